The van der Waals surface area contributed by atoms with Crippen LogP contribution in [-0.4, -0.2) is 29.7 Å². The van der Waals surface area contributed by atoms with Crippen LogP contribution in [0.4, 0.5) is 4.39 Å². The smallest absolute Gasteiger partial charge is 0.152 e. The highest BCUT2D eigenvalue weighted by atomic mass is 32.2. The molecule has 1 saturated heterocycles. The van der Waals surface area contributed by atoms with E-state index in [1.165, 1.54) is 12.1 Å². The molecule has 19 heavy (non-hydrogen) atoms. The predicted octanol–water partition coefficient (Wildman–Crippen LogP) is 2.05. The van der Waals surface area contributed by atoms with Gasteiger partial charge in [0.1, 0.15) is 5.82 Å². The summed E-state index contributed by atoms with van der Waals surface area (Å²) in [5.74, 6) is 0.0963. The Balaban J connectivity index is 1.86. The number of hydrogen-bond donors (Lipinski definition) is 0. The highest BCUT2D eigenvalue weighted by Crippen LogP contribution is 2.26. The highest BCUT2D eigenvalue weighted by Gasteiger charge is 2.29. The van der Waals surface area contributed by atoms with Crippen LogP contribution in [0.25, 0.3) is 11.1 Å². The summed E-state index contributed by atoms with van der Waals surface area (Å²) in [6.45, 7) is 0. The molecular formula is C13H13FN2O2S. The van der Waals surface area contributed by atoms with Gasteiger partial charge in [0.05, 0.1) is 23.7 Å². The second-order valence-electron chi connectivity index (χ2n) is 4.77. The number of benzene rings is 1. The first-order valence-corrected chi connectivity index (χ1v) is 7.86. The number of aromatic nitrogens is 2. The van der Waals surface area contributed by atoms with E-state index in [1.54, 1.807) is 23.0 Å². The molecule has 0 aliphatic carbocycles. The van der Waals surface area contributed by atoms with Gasteiger partial charge >= 0.3 is 0 Å². The van der Waals surface area contributed by atoms with Gasteiger partial charge in [-0.25, -0.2) is 12.8 Å². The summed E-state index contributed by atoms with van der Waals surface area (Å²) in [5.41, 5.74) is 1.73. The summed E-state index contributed by atoms with van der Waals surface area (Å²) >= 11 is 0. The maximum atomic E-state index is 12.9. The molecule has 2 aromatic rings. The first kappa shape index (κ1) is 12.3. The van der Waals surface area contributed by atoms with Gasteiger partial charge in [-0.05, 0) is 24.1 Å². The van der Waals surface area contributed by atoms with Crippen LogP contribution < -0.4 is 0 Å². The molecule has 1 fully saturated rings. The van der Waals surface area contributed by atoms with E-state index in [9.17, 15) is 12.8 Å². The van der Waals surface area contributed by atoms with Crippen LogP contribution in [0.5, 0.6) is 0 Å². The van der Waals surface area contributed by atoms with Crippen molar-refractivity contribution in [2.24, 2.45) is 0 Å². The number of sulfone groups is 1. The topological polar surface area (TPSA) is 52.0 Å². The normalized spacial score (nSPS) is 21.6. The Bertz CT molecular complexity index is 692. The van der Waals surface area contributed by atoms with Gasteiger partial charge < -0.3 is 0 Å². The fourth-order valence-corrected chi connectivity index (χ4v) is 4.02. The third-order valence-corrected chi connectivity index (χ3v) is 5.11. The summed E-state index contributed by atoms with van der Waals surface area (Å²) < 4.78 is 37.4. The average Bonchev–Trinajstić information content (AvgIpc) is 2.96. The van der Waals surface area contributed by atoms with Crippen molar-refractivity contribution in [3.63, 3.8) is 0 Å². The molecule has 1 atom stereocenters. The Hall–Kier alpha value is -1.69. The van der Waals surface area contributed by atoms with E-state index in [0.717, 1.165) is 11.1 Å². The summed E-state index contributed by atoms with van der Waals surface area (Å²) in [6.07, 6.45) is 4.10. The molecule has 0 spiro atoms. The zero-order valence-corrected chi connectivity index (χ0v) is 11.0. The zero-order valence-electron chi connectivity index (χ0n) is 10.2. The van der Waals surface area contributed by atoms with Crippen molar-refractivity contribution in [1.82, 2.24) is 9.78 Å². The molecule has 6 heteroatoms. The molecule has 0 amide bonds. The van der Waals surface area contributed by atoms with Gasteiger partial charge in [-0.2, -0.15) is 5.10 Å². The van der Waals surface area contributed by atoms with Crippen LogP contribution in [0, 0.1) is 5.82 Å². The monoisotopic (exact) mass is 280 g/mol. The number of halogens is 1. The minimum absolute atomic E-state index is 0.0841. The lowest BCUT2D eigenvalue weighted by Crippen LogP contribution is -2.11. The van der Waals surface area contributed by atoms with Gasteiger partial charge in [0.15, 0.2) is 9.84 Å². The second-order valence-corrected chi connectivity index (χ2v) is 7.00. The number of rotatable bonds is 2. The molecule has 0 N–H and O–H groups in total. The maximum absolute atomic E-state index is 12.9. The zero-order chi connectivity index (χ0) is 13.5. The molecule has 1 aromatic carbocycles. The van der Waals surface area contributed by atoms with E-state index >= 15 is 0 Å². The minimum atomic E-state index is -2.92. The SMILES string of the molecule is O=S1(=O)CCC(n2cc(-c3ccc(F)cc3)cn2)C1. The van der Waals surface area contributed by atoms with Crippen molar-refractivity contribution in [2.45, 2.75) is 12.5 Å². The predicted molar refractivity (Wildman–Crippen MR) is 69.9 cm³/mol. The molecule has 3 rings (SSSR count). The van der Waals surface area contributed by atoms with Crippen LogP contribution >= 0.6 is 0 Å². The summed E-state index contributed by atoms with van der Waals surface area (Å²) in [6, 6.07) is 6.07. The largest absolute Gasteiger partial charge is 0.268 e. The minimum Gasteiger partial charge on any atom is -0.268 e. The first-order chi connectivity index (χ1) is 9.03. The van der Waals surface area contributed by atoms with Gasteiger partial charge in [0, 0.05) is 11.8 Å². The van der Waals surface area contributed by atoms with E-state index < -0.39 is 9.84 Å². The Morgan fingerprint density at radius 2 is 1.95 bits per heavy atom. The highest BCUT2D eigenvalue weighted by molar-refractivity contribution is 7.91. The summed E-state index contributed by atoms with van der Waals surface area (Å²) in [7, 11) is -2.92. The fourth-order valence-electron chi connectivity index (χ4n) is 2.31. The van der Waals surface area contributed by atoms with Crippen LogP contribution in [0.1, 0.15) is 12.5 Å². The van der Waals surface area contributed by atoms with Crippen LogP contribution in [-0.2, 0) is 9.84 Å². The van der Waals surface area contributed by atoms with Crippen LogP contribution in [0.15, 0.2) is 36.7 Å². The average molecular weight is 280 g/mol. The third-order valence-electron chi connectivity index (χ3n) is 3.36. The molecule has 1 aromatic heterocycles. The standard InChI is InChI=1S/C13H13FN2O2S/c14-12-3-1-10(2-4-12)11-7-15-16(8-11)13-5-6-19(17,18)9-13/h1-4,7-8,13H,5-6,9H2. The fraction of sp³-hybridized carbons (Fsp3) is 0.308. The Kier molecular flexibility index (Phi) is 2.89. The van der Waals surface area contributed by atoms with E-state index in [-0.39, 0.29) is 23.4 Å². The molecule has 100 valence electrons. The molecule has 1 aliphatic rings. The molecule has 4 nitrogen and oxygen atoms in total. The first-order valence-electron chi connectivity index (χ1n) is 6.04. The van der Waals surface area contributed by atoms with Gasteiger partial charge in [-0.1, -0.05) is 12.1 Å². The quantitative estimate of drug-likeness (QED) is 0.846. The maximum Gasteiger partial charge on any atom is 0.152 e. The molecule has 1 aliphatic heterocycles. The molecule has 1 unspecified atom stereocenters. The van der Waals surface area contributed by atoms with Gasteiger partial charge in [0.25, 0.3) is 0 Å². The second kappa shape index (κ2) is 4.45. The molecule has 2 heterocycles. The van der Waals surface area contributed by atoms with E-state index in [1.807, 2.05) is 6.20 Å². The molecule has 0 bridgehead atoms. The lowest BCUT2D eigenvalue weighted by Gasteiger charge is -2.07. The van der Waals surface area contributed by atoms with E-state index in [2.05, 4.69) is 5.10 Å². The number of nitrogens with zero attached hydrogens (tertiary/aromatic N) is 2. The van der Waals surface area contributed by atoms with Crippen LogP contribution in [0.2, 0.25) is 0 Å². The van der Waals surface area contributed by atoms with Crippen molar-refractivity contribution in [1.29, 1.82) is 0 Å². The van der Waals surface area contributed by atoms with Crippen molar-refractivity contribution in [3.8, 4) is 11.1 Å². The van der Waals surface area contributed by atoms with E-state index in [4.69, 9.17) is 0 Å². The van der Waals surface area contributed by atoms with Crippen LogP contribution in [0.3, 0.4) is 0 Å². The van der Waals surface area contributed by atoms with Crippen molar-refractivity contribution >= 4 is 9.84 Å². The van der Waals surface area contributed by atoms with Crippen molar-refractivity contribution < 1.29 is 12.8 Å². The van der Waals surface area contributed by atoms with Gasteiger partial charge in [0.2, 0.25) is 0 Å². The van der Waals surface area contributed by atoms with Crippen molar-refractivity contribution in [3.05, 3.63) is 42.5 Å². The summed E-state index contributed by atoms with van der Waals surface area (Å²) in [5, 5.41) is 4.22. The Labute approximate surface area is 110 Å². The van der Waals surface area contributed by atoms with Gasteiger partial charge in [-0.15, -0.1) is 0 Å². The summed E-state index contributed by atoms with van der Waals surface area (Å²) in [4.78, 5) is 0. The lowest BCUT2D eigenvalue weighted by atomic mass is 10.1. The lowest BCUT2D eigenvalue weighted by molar-refractivity contribution is 0.500. The third kappa shape index (κ3) is 2.53. The molecular weight excluding hydrogens is 267 g/mol. The molecule has 0 radical (unpaired) electrons. The van der Waals surface area contributed by atoms with Crippen molar-refractivity contribution in [2.75, 3.05) is 11.5 Å². The Morgan fingerprint density at radius 3 is 2.58 bits per heavy atom. The molecule has 0 saturated carbocycles. The van der Waals surface area contributed by atoms with E-state index in [0.29, 0.717) is 6.42 Å². The Morgan fingerprint density at radius 1 is 1.21 bits per heavy atom. The van der Waals surface area contributed by atoms with Gasteiger partial charge in [-0.3, -0.25) is 4.68 Å². The number of hydrogen-bond acceptors (Lipinski definition) is 3.